The normalized spacial score (nSPS) is 26.9. The standard InChI is InChI=1S/C54H95NO13/c1-3-5-7-9-11-13-15-17-19-20-21-22-24-25-27-29-31-33-35-37-43(58)42(55-46(59)38-36-34-32-30-28-26-23-18-16-14-12-10-8-6-4-2)41-65-53-51(64)49(62)52(45(40-57)67-53)68-54-50(63)48(61)47(60)44(39-56)66-54/h12,14,18,21-23,27,29,35,37,42-45,47-54,56-58,60-64H,3-11,13,15-17,19-20,24-26,28,30-34,36,38-41H2,1-2H3,(H,55,59)/b14-12-,22-21+,23-18-,29-27+,37-35+. The van der Waals surface area contributed by atoms with E-state index in [2.05, 4.69) is 67.8 Å². The van der Waals surface area contributed by atoms with E-state index in [9.17, 15) is 45.6 Å². The summed E-state index contributed by atoms with van der Waals surface area (Å²) < 4.78 is 22.7. The third-order valence-electron chi connectivity index (χ3n) is 12.7. The summed E-state index contributed by atoms with van der Waals surface area (Å²) >= 11 is 0. The molecule has 394 valence electrons. The first-order chi connectivity index (χ1) is 33.1. The maximum Gasteiger partial charge on any atom is 0.220 e. The number of rotatable bonds is 40. The van der Waals surface area contributed by atoms with E-state index in [1.807, 2.05) is 6.08 Å². The van der Waals surface area contributed by atoms with Crippen molar-refractivity contribution >= 4 is 5.91 Å². The van der Waals surface area contributed by atoms with E-state index < -0.39 is 86.8 Å². The van der Waals surface area contributed by atoms with Gasteiger partial charge in [0, 0.05) is 6.42 Å². The van der Waals surface area contributed by atoms with Crippen molar-refractivity contribution in [3.63, 3.8) is 0 Å². The van der Waals surface area contributed by atoms with Gasteiger partial charge in [-0.05, 0) is 77.0 Å². The van der Waals surface area contributed by atoms with Crippen molar-refractivity contribution in [3.8, 4) is 0 Å². The van der Waals surface area contributed by atoms with Gasteiger partial charge in [-0.2, -0.15) is 0 Å². The average Bonchev–Trinajstić information content (AvgIpc) is 3.34. The maximum absolute atomic E-state index is 13.2. The number of amides is 1. The topological polar surface area (TPSA) is 228 Å². The molecule has 0 spiro atoms. The van der Waals surface area contributed by atoms with E-state index in [4.69, 9.17) is 18.9 Å². The number of carbonyl (C=O) groups is 1. The molecule has 2 saturated heterocycles. The highest BCUT2D eigenvalue weighted by molar-refractivity contribution is 5.76. The fourth-order valence-electron chi connectivity index (χ4n) is 8.29. The van der Waals surface area contributed by atoms with Gasteiger partial charge in [-0.15, -0.1) is 0 Å². The van der Waals surface area contributed by atoms with Crippen molar-refractivity contribution in [3.05, 3.63) is 60.8 Å². The first kappa shape index (κ1) is 61.8. The maximum atomic E-state index is 13.2. The molecule has 2 rings (SSSR count). The molecule has 0 radical (unpaired) electrons. The third-order valence-corrected chi connectivity index (χ3v) is 12.7. The summed E-state index contributed by atoms with van der Waals surface area (Å²) in [4.78, 5) is 13.2. The van der Waals surface area contributed by atoms with Gasteiger partial charge in [-0.3, -0.25) is 4.79 Å². The summed E-state index contributed by atoms with van der Waals surface area (Å²) in [7, 11) is 0. The van der Waals surface area contributed by atoms with Gasteiger partial charge in [-0.25, -0.2) is 0 Å². The van der Waals surface area contributed by atoms with E-state index in [0.29, 0.717) is 12.8 Å². The minimum atomic E-state index is -1.79. The molecule has 9 N–H and O–H groups in total. The summed E-state index contributed by atoms with van der Waals surface area (Å²) in [6.07, 6.45) is 32.6. The fraction of sp³-hybridized carbons (Fsp3) is 0.796. The van der Waals surface area contributed by atoms with Crippen LogP contribution in [0, 0.1) is 0 Å². The van der Waals surface area contributed by atoms with Crippen molar-refractivity contribution in [1.82, 2.24) is 5.32 Å². The molecule has 0 aromatic rings. The number of aliphatic hydroxyl groups is 8. The molecule has 0 aromatic heterocycles. The van der Waals surface area contributed by atoms with Gasteiger partial charge in [0.15, 0.2) is 12.6 Å². The van der Waals surface area contributed by atoms with Gasteiger partial charge in [0.05, 0.1) is 32.0 Å². The monoisotopic (exact) mass is 966 g/mol. The van der Waals surface area contributed by atoms with E-state index in [1.54, 1.807) is 6.08 Å². The summed E-state index contributed by atoms with van der Waals surface area (Å²) in [6, 6.07) is -0.946. The van der Waals surface area contributed by atoms with Crippen molar-refractivity contribution < 1.29 is 64.6 Å². The second kappa shape index (κ2) is 40.3. The molecule has 2 heterocycles. The van der Waals surface area contributed by atoms with Crippen LogP contribution >= 0.6 is 0 Å². The Hall–Kier alpha value is -2.31. The van der Waals surface area contributed by atoms with E-state index >= 15 is 0 Å². The molecule has 0 aromatic carbocycles. The lowest BCUT2D eigenvalue weighted by Gasteiger charge is -2.46. The molecular formula is C54H95NO13. The Kier molecular flexibility index (Phi) is 36.6. The highest BCUT2D eigenvalue weighted by atomic mass is 16.7. The predicted octanol–water partition coefficient (Wildman–Crippen LogP) is 7.44. The van der Waals surface area contributed by atoms with Gasteiger partial charge in [0.2, 0.25) is 5.91 Å². The number of ether oxygens (including phenoxy) is 4. The minimum Gasteiger partial charge on any atom is -0.394 e. The Labute approximate surface area is 409 Å². The van der Waals surface area contributed by atoms with Crippen molar-refractivity contribution in [2.45, 2.75) is 254 Å². The molecule has 68 heavy (non-hydrogen) atoms. The molecular weight excluding hydrogens is 871 g/mol. The first-order valence-electron chi connectivity index (χ1n) is 26.5. The molecule has 1 amide bonds. The number of aliphatic hydroxyl groups excluding tert-OH is 8. The van der Waals surface area contributed by atoms with Gasteiger partial charge >= 0.3 is 0 Å². The Bertz CT molecular complexity index is 1370. The smallest absolute Gasteiger partial charge is 0.220 e. The van der Waals surface area contributed by atoms with Crippen LogP contribution in [0.25, 0.3) is 0 Å². The Morgan fingerprint density at radius 2 is 0.985 bits per heavy atom. The van der Waals surface area contributed by atoms with Crippen LogP contribution in [0.2, 0.25) is 0 Å². The highest BCUT2D eigenvalue weighted by Gasteiger charge is 2.51. The SMILES string of the molecule is CCCCC/C=C\C/C=C\CCCCCCCC(=O)NC(COC1OC(CO)C(OC2OC(CO)C(O)C(O)C2O)C(O)C1O)C(O)/C=C/CC/C=C/CC/C=C/CCCCCCCCCCC. The van der Waals surface area contributed by atoms with Gasteiger partial charge in [0.1, 0.15) is 48.8 Å². The van der Waals surface area contributed by atoms with Crippen LogP contribution in [-0.4, -0.2) is 140 Å². The lowest BCUT2D eigenvalue weighted by Crippen LogP contribution is -2.65. The molecule has 12 atom stereocenters. The zero-order valence-electron chi connectivity index (χ0n) is 41.8. The van der Waals surface area contributed by atoms with Crippen LogP contribution in [0.4, 0.5) is 0 Å². The number of carbonyl (C=O) groups excluding carboxylic acids is 1. The third kappa shape index (κ3) is 26.8. The second-order valence-electron chi connectivity index (χ2n) is 18.6. The second-order valence-corrected chi connectivity index (χ2v) is 18.6. The molecule has 0 aliphatic carbocycles. The van der Waals surface area contributed by atoms with Gasteiger partial charge < -0.3 is 65.1 Å². The summed E-state index contributed by atoms with van der Waals surface area (Å²) in [5.74, 6) is -0.270. The molecule has 0 bridgehead atoms. The number of hydrogen-bond acceptors (Lipinski definition) is 13. The number of hydrogen-bond donors (Lipinski definition) is 9. The van der Waals surface area contributed by atoms with Crippen LogP contribution in [0.5, 0.6) is 0 Å². The highest BCUT2D eigenvalue weighted by Crippen LogP contribution is 2.30. The molecule has 12 unspecified atom stereocenters. The van der Waals surface area contributed by atoms with Crippen LogP contribution in [-0.2, 0) is 23.7 Å². The van der Waals surface area contributed by atoms with Gasteiger partial charge in [0.25, 0.3) is 0 Å². The zero-order chi connectivity index (χ0) is 49.6. The van der Waals surface area contributed by atoms with Crippen LogP contribution in [0.1, 0.15) is 181 Å². The Morgan fingerprint density at radius 3 is 1.56 bits per heavy atom. The van der Waals surface area contributed by atoms with Crippen LogP contribution in [0.15, 0.2) is 60.8 Å². The Balaban J connectivity index is 1.87. The largest absolute Gasteiger partial charge is 0.394 e. The summed E-state index contributed by atoms with van der Waals surface area (Å²) in [6.45, 7) is 2.71. The molecule has 2 aliphatic rings. The minimum absolute atomic E-state index is 0.251. The lowest BCUT2D eigenvalue weighted by atomic mass is 9.97. The first-order valence-corrected chi connectivity index (χ1v) is 26.5. The van der Waals surface area contributed by atoms with E-state index in [0.717, 1.165) is 70.6 Å². The fourth-order valence-corrected chi connectivity index (χ4v) is 8.29. The molecule has 14 heteroatoms. The van der Waals surface area contributed by atoms with Crippen LogP contribution < -0.4 is 5.32 Å². The summed E-state index contributed by atoms with van der Waals surface area (Å²) in [5, 5.41) is 86.8. The Morgan fingerprint density at radius 1 is 0.529 bits per heavy atom. The quantitative estimate of drug-likeness (QED) is 0.0215. The molecule has 14 nitrogen and oxygen atoms in total. The average molecular weight is 966 g/mol. The number of nitrogens with one attached hydrogen (secondary N) is 1. The number of allylic oxidation sites excluding steroid dienone is 9. The molecule has 2 fully saturated rings. The van der Waals surface area contributed by atoms with Gasteiger partial charge in [-0.1, -0.05) is 158 Å². The zero-order valence-corrected chi connectivity index (χ0v) is 41.8. The number of unbranched alkanes of at least 4 members (excludes halogenated alkanes) is 19. The molecule has 2 aliphatic heterocycles. The summed E-state index contributed by atoms with van der Waals surface area (Å²) in [5.41, 5.74) is 0. The van der Waals surface area contributed by atoms with E-state index in [-0.39, 0.29) is 18.9 Å². The molecule has 0 saturated carbocycles. The van der Waals surface area contributed by atoms with Crippen LogP contribution in [0.3, 0.4) is 0 Å². The predicted molar refractivity (Wildman–Crippen MR) is 267 cm³/mol. The van der Waals surface area contributed by atoms with E-state index in [1.165, 1.54) is 77.0 Å². The van der Waals surface area contributed by atoms with Crippen molar-refractivity contribution in [1.29, 1.82) is 0 Å². The van der Waals surface area contributed by atoms with Crippen molar-refractivity contribution in [2.75, 3.05) is 19.8 Å². The lowest BCUT2D eigenvalue weighted by molar-refractivity contribution is -0.359. The van der Waals surface area contributed by atoms with Crippen molar-refractivity contribution in [2.24, 2.45) is 0 Å².